The van der Waals surface area contributed by atoms with Crippen LogP contribution in [0.3, 0.4) is 0 Å². The van der Waals surface area contributed by atoms with Crippen molar-refractivity contribution in [3.8, 4) is 0 Å². The van der Waals surface area contributed by atoms with Gasteiger partial charge in [-0.2, -0.15) is 0 Å². The van der Waals surface area contributed by atoms with Gasteiger partial charge in [0.25, 0.3) is 0 Å². The van der Waals surface area contributed by atoms with Gasteiger partial charge >= 0.3 is 0 Å². The molecule has 1 heterocycles. The van der Waals surface area contributed by atoms with Gasteiger partial charge in [0.15, 0.2) is 0 Å². The number of thioether (sulfide) groups is 1. The Morgan fingerprint density at radius 1 is 1.35 bits per heavy atom. The Bertz CT molecular complexity index is 444. The quantitative estimate of drug-likeness (QED) is 0.656. The van der Waals surface area contributed by atoms with Crippen LogP contribution in [0.5, 0.6) is 0 Å². The molecule has 5 heteroatoms. The molecule has 17 heavy (non-hydrogen) atoms. The van der Waals surface area contributed by atoms with Crippen molar-refractivity contribution in [2.75, 3.05) is 0 Å². The molecule has 1 N–H and O–H groups in total. The fourth-order valence-electron chi connectivity index (χ4n) is 1.41. The number of aliphatic hydroxyl groups is 1. The van der Waals surface area contributed by atoms with Crippen LogP contribution in [0.25, 0.3) is 0 Å². The number of aliphatic hydroxyl groups excluding tert-OH is 1. The molecule has 0 radical (unpaired) electrons. The summed E-state index contributed by atoms with van der Waals surface area (Å²) in [5.74, 6) is -0.262. The van der Waals surface area contributed by atoms with E-state index in [0.717, 1.165) is 11.4 Å². The van der Waals surface area contributed by atoms with E-state index in [9.17, 15) is 9.50 Å². The molecule has 1 atom stereocenters. The molecule has 0 aliphatic heterocycles. The van der Waals surface area contributed by atoms with Gasteiger partial charge in [-0.05, 0) is 24.3 Å². The summed E-state index contributed by atoms with van der Waals surface area (Å²) in [6.45, 7) is 0.718. The molecule has 3 nitrogen and oxygen atoms in total. The van der Waals surface area contributed by atoms with Crippen LogP contribution < -0.4 is 0 Å². The Morgan fingerprint density at radius 2 is 2.12 bits per heavy atom. The van der Waals surface area contributed by atoms with Crippen LogP contribution in [0.4, 0.5) is 4.39 Å². The third kappa shape index (κ3) is 3.87. The molecule has 1 aromatic heterocycles. The second kappa shape index (κ2) is 5.84. The number of hydrogen-bond donors (Lipinski definition) is 1. The first-order chi connectivity index (χ1) is 8.24. The molecule has 0 spiro atoms. The summed E-state index contributed by atoms with van der Waals surface area (Å²) in [4.78, 5) is 4.79. The van der Waals surface area contributed by atoms with Crippen molar-refractivity contribution < 1.29 is 9.50 Å². The average molecular weight is 252 g/mol. The monoisotopic (exact) mass is 252 g/mol. The van der Waals surface area contributed by atoms with Gasteiger partial charge in [-0.15, -0.1) is 0 Å². The minimum Gasteiger partial charge on any atom is -0.382 e. The molecule has 0 saturated heterocycles. The lowest BCUT2D eigenvalue weighted by Gasteiger charge is -2.10. The van der Waals surface area contributed by atoms with Gasteiger partial charge in [0.1, 0.15) is 11.3 Å². The molecule has 0 bridgehead atoms. The van der Waals surface area contributed by atoms with Crippen LogP contribution in [0, 0.1) is 5.82 Å². The van der Waals surface area contributed by atoms with Gasteiger partial charge in [0.2, 0.25) is 0 Å². The SMILES string of the molecule is OC(CCn1ccnc1)Sc1ccc(F)cc1. The van der Waals surface area contributed by atoms with Crippen molar-refractivity contribution >= 4 is 11.8 Å². The van der Waals surface area contributed by atoms with E-state index in [1.165, 1.54) is 23.9 Å². The average Bonchev–Trinajstić information content (AvgIpc) is 2.83. The summed E-state index contributed by atoms with van der Waals surface area (Å²) in [5, 5.41) is 9.81. The summed E-state index contributed by atoms with van der Waals surface area (Å²) >= 11 is 1.33. The number of halogens is 1. The fraction of sp³-hybridized carbons (Fsp3) is 0.250. The molecule has 0 amide bonds. The maximum Gasteiger partial charge on any atom is 0.123 e. The molecule has 2 aromatic rings. The summed E-state index contributed by atoms with van der Waals surface area (Å²) in [5.41, 5.74) is -0.497. The lowest BCUT2D eigenvalue weighted by atomic mass is 10.4. The molecule has 90 valence electrons. The van der Waals surface area contributed by atoms with E-state index in [1.807, 2.05) is 10.8 Å². The molecular weight excluding hydrogens is 239 g/mol. The predicted octanol–water partition coefficient (Wildman–Crippen LogP) is 2.52. The standard InChI is InChI=1S/C12H13FN2OS/c13-10-1-3-11(4-2-10)17-12(16)5-7-15-8-6-14-9-15/h1-4,6,8-9,12,16H,5,7H2. The maximum absolute atomic E-state index is 12.7. The number of aromatic nitrogens is 2. The fourth-order valence-corrected chi connectivity index (χ4v) is 2.24. The molecule has 2 rings (SSSR count). The highest BCUT2D eigenvalue weighted by atomic mass is 32.2. The zero-order valence-corrected chi connectivity index (χ0v) is 9.98. The van der Waals surface area contributed by atoms with Crippen LogP contribution in [-0.4, -0.2) is 20.1 Å². The Hall–Kier alpha value is -1.33. The van der Waals surface area contributed by atoms with Crippen LogP contribution in [0.15, 0.2) is 47.9 Å². The van der Waals surface area contributed by atoms with Gasteiger partial charge in [0.05, 0.1) is 6.33 Å². The first-order valence-electron chi connectivity index (χ1n) is 5.30. The number of imidazole rings is 1. The molecule has 0 fully saturated rings. The van der Waals surface area contributed by atoms with Crippen molar-refractivity contribution in [3.63, 3.8) is 0 Å². The molecule has 0 aliphatic rings. The highest BCUT2D eigenvalue weighted by Crippen LogP contribution is 2.24. The summed E-state index contributed by atoms with van der Waals surface area (Å²) in [6, 6.07) is 6.12. The summed E-state index contributed by atoms with van der Waals surface area (Å²) in [6.07, 6.45) is 5.91. The number of rotatable bonds is 5. The van der Waals surface area contributed by atoms with E-state index >= 15 is 0 Å². The van der Waals surface area contributed by atoms with Gasteiger partial charge in [0, 0.05) is 30.3 Å². The Balaban J connectivity index is 1.80. The van der Waals surface area contributed by atoms with Crippen molar-refractivity contribution in [2.45, 2.75) is 23.3 Å². The summed E-state index contributed by atoms with van der Waals surface area (Å²) < 4.78 is 14.6. The number of benzene rings is 1. The van der Waals surface area contributed by atoms with E-state index in [1.54, 1.807) is 24.7 Å². The minimum atomic E-state index is -0.497. The Labute approximate surface area is 103 Å². The van der Waals surface area contributed by atoms with E-state index in [2.05, 4.69) is 4.98 Å². The second-order valence-electron chi connectivity index (χ2n) is 3.62. The normalized spacial score (nSPS) is 12.6. The third-order valence-electron chi connectivity index (χ3n) is 2.28. The Morgan fingerprint density at radius 3 is 2.76 bits per heavy atom. The van der Waals surface area contributed by atoms with Gasteiger partial charge < -0.3 is 9.67 Å². The van der Waals surface area contributed by atoms with E-state index in [4.69, 9.17) is 0 Å². The van der Waals surface area contributed by atoms with Gasteiger partial charge in [-0.1, -0.05) is 11.8 Å². The van der Waals surface area contributed by atoms with E-state index < -0.39 is 5.44 Å². The molecular formula is C12H13FN2OS. The van der Waals surface area contributed by atoms with Crippen molar-refractivity contribution in [1.29, 1.82) is 0 Å². The number of nitrogens with zero attached hydrogens (tertiary/aromatic N) is 2. The van der Waals surface area contributed by atoms with Crippen LogP contribution in [0.2, 0.25) is 0 Å². The van der Waals surface area contributed by atoms with Crippen molar-refractivity contribution in [2.24, 2.45) is 0 Å². The smallest absolute Gasteiger partial charge is 0.123 e. The summed E-state index contributed by atoms with van der Waals surface area (Å²) in [7, 11) is 0. The lowest BCUT2D eigenvalue weighted by molar-refractivity contribution is 0.245. The van der Waals surface area contributed by atoms with Crippen LogP contribution in [0.1, 0.15) is 6.42 Å². The van der Waals surface area contributed by atoms with Gasteiger partial charge in [-0.25, -0.2) is 9.37 Å². The van der Waals surface area contributed by atoms with Crippen molar-refractivity contribution in [3.05, 3.63) is 48.8 Å². The van der Waals surface area contributed by atoms with E-state index in [-0.39, 0.29) is 5.82 Å². The Kier molecular flexibility index (Phi) is 4.17. The largest absolute Gasteiger partial charge is 0.382 e. The molecule has 0 aliphatic carbocycles. The lowest BCUT2D eigenvalue weighted by Crippen LogP contribution is -2.06. The molecule has 1 unspecified atom stereocenters. The maximum atomic E-state index is 12.7. The number of aryl methyl sites for hydroxylation is 1. The second-order valence-corrected chi connectivity index (χ2v) is 4.87. The number of hydrogen-bond acceptors (Lipinski definition) is 3. The minimum absolute atomic E-state index is 0.262. The molecule has 1 aromatic carbocycles. The first-order valence-corrected chi connectivity index (χ1v) is 6.18. The van der Waals surface area contributed by atoms with E-state index in [0.29, 0.717) is 6.42 Å². The zero-order chi connectivity index (χ0) is 12.1. The first kappa shape index (κ1) is 12.1. The predicted molar refractivity (Wildman–Crippen MR) is 65.1 cm³/mol. The van der Waals surface area contributed by atoms with Crippen molar-refractivity contribution in [1.82, 2.24) is 9.55 Å². The highest BCUT2D eigenvalue weighted by molar-refractivity contribution is 7.99. The highest BCUT2D eigenvalue weighted by Gasteiger charge is 2.06. The van der Waals surface area contributed by atoms with Crippen LogP contribution in [-0.2, 0) is 6.54 Å². The van der Waals surface area contributed by atoms with Gasteiger partial charge in [-0.3, -0.25) is 0 Å². The molecule has 0 saturated carbocycles. The van der Waals surface area contributed by atoms with Crippen LogP contribution >= 0.6 is 11.8 Å². The third-order valence-corrected chi connectivity index (χ3v) is 3.33. The topological polar surface area (TPSA) is 38.0 Å². The zero-order valence-electron chi connectivity index (χ0n) is 9.16.